The molecule has 2 atom stereocenters. The van der Waals surface area contributed by atoms with Crippen molar-refractivity contribution in [3.05, 3.63) is 33.6 Å². The molecule has 0 spiro atoms. The van der Waals surface area contributed by atoms with Gasteiger partial charge in [0.1, 0.15) is 19.0 Å². The van der Waals surface area contributed by atoms with Gasteiger partial charge in [-0.15, -0.1) is 11.3 Å². The van der Waals surface area contributed by atoms with Gasteiger partial charge in [0, 0.05) is 31.1 Å². The number of hydrogen-bond donors (Lipinski definition) is 3. The molecular formula is C20H17FN2O6S. The van der Waals surface area contributed by atoms with E-state index in [4.69, 9.17) is 4.74 Å². The minimum absolute atomic E-state index is 0.0532. The fourth-order valence-electron chi connectivity index (χ4n) is 3.34. The molecule has 0 bridgehead atoms. The molecule has 3 N–H and O–H groups in total. The fraction of sp³-hybridized carbons (Fsp3) is 0.350. The maximum absolute atomic E-state index is 13.7. The quantitative estimate of drug-likeness (QED) is 0.606. The number of thiazole rings is 1. The van der Waals surface area contributed by atoms with Crippen molar-refractivity contribution in [2.75, 3.05) is 26.9 Å². The van der Waals surface area contributed by atoms with E-state index in [2.05, 4.69) is 16.8 Å². The number of aliphatic hydroxyl groups is 2. The molecule has 4 rings (SSSR count). The summed E-state index contributed by atoms with van der Waals surface area (Å²) in [6, 6.07) is 4.67. The van der Waals surface area contributed by atoms with Crippen LogP contribution < -0.4 is 4.74 Å². The van der Waals surface area contributed by atoms with E-state index in [0.717, 1.165) is 0 Å². The Balaban J connectivity index is 1.80. The van der Waals surface area contributed by atoms with Crippen LogP contribution in [0.15, 0.2) is 18.2 Å². The average molecular weight is 432 g/mol. The van der Waals surface area contributed by atoms with Crippen molar-refractivity contribution in [1.29, 1.82) is 0 Å². The molecule has 1 saturated heterocycles. The average Bonchev–Trinajstić information content (AvgIpc) is 3.26. The second kappa shape index (κ2) is 7.05. The van der Waals surface area contributed by atoms with Gasteiger partial charge < -0.3 is 25.0 Å². The predicted octanol–water partition coefficient (Wildman–Crippen LogP) is 1.00. The van der Waals surface area contributed by atoms with Crippen LogP contribution in [0.25, 0.3) is 11.3 Å². The Morgan fingerprint density at radius 2 is 2.20 bits per heavy atom. The van der Waals surface area contributed by atoms with E-state index < -0.39 is 36.4 Å². The van der Waals surface area contributed by atoms with Gasteiger partial charge in [-0.05, 0) is 18.2 Å². The maximum Gasteiger partial charge on any atom is 0.365 e. The number of carboxylic acids is 1. The van der Waals surface area contributed by atoms with Crippen LogP contribution in [0.4, 0.5) is 4.39 Å². The van der Waals surface area contributed by atoms with Gasteiger partial charge in [-0.25, -0.2) is 14.2 Å². The summed E-state index contributed by atoms with van der Waals surface area (Å²) in [5.74, 6) is 3.88. The lowest BCUT2D eigenvalue weighted by Crippen LogP contribution is -2.37. The van der Waals surface area contributed by atoms with Crippen molar-refractivity contribution in [1.82, 2.24) is 9.88 Å². The molecule has 0 radical (unpaired) electrons. The monoisotopic (exact) mass is 432 g/mol. The molecule has 2 aromatic rings. The van der Waals surface area contributed by atoms with Crippen molar-refractivity contribution in [3.63, 3.8) is 0 Å². The van der Waals surface area contributed by atoms with Crippen molar-refractivity contribution in [2.45, 2.75) is 17.6 Å². The lowest BCUT2D eigenvalue weighted by atomic mass is 9.99. The second-order valence-corrected chi connectivity index (χ2v) is 8.25. The predicted molar refractivity (Wildman–Crippen MR) is 104 cm³/mol. The minimum Gasteiger partial charge on any atom is -0.489 e. The van der Waals surface area contributed by atoms with E-state index >= 15 is 0 Å². The summed E-state index contributed by atoms with van der Waals surface area (Å²) in [6.07, 6.45) is 0.186. The summed E-state index contributed by atoms with van der Waals surface area (Å²) in [5.41, 5.74) is -2.94. The summed E-state index contributed by atoms with van der Waals surface area (Å²) >= 11 is 0.685. The number of hydrogen-bond acceptors (Lipinski definition) is 7. The van der Waals surface area contributed by atoms with E-state index in [-0.39, 0.29) is 27.7 Å². The molecule has 2 aliphatic heterocycles. The van der Waals surface area contributed by atoms with Crippen molar-refractivity contribution >= 4 is 23.2 Å². The Labute approximate surface area is 174 Å². The molecule has 1 aromatic heterocycles. The van der Waals surface area contributed by atoms with Crippen molar-refractivity contribution < 1.29 is 34.0 Å². The number of aromatic carboxylic acids is 1. The molecule has 1 unspecified atom stereocenters. The van der Waals surface area contributed by atoms with Crippen molar-refractivity contribution in [3.8, 4) is 28.8 Å². The van der Waals surface area contributed by atoms with Gasteiger partial charge in [-0.3, -0.25) is 4.79 Å². The van der Waals surface area contributed by atoms with Gasteiger partial charge in [0.15, 0.2) is 5.60 Å². The van der Waals surface area contributed by atoms with Crippen LogP contribution in [0.3, 0.4) is 0 Å². The number of likely N-dealkylation sites (tertiary alicyclic amines) is 1. The van der Waals surface area contributed by atoms with Gasteiger partial charge in [-0.2, -0.15) is 0 Å². The highest BCUT2D eigenvalue weighted by atomic mass is 32.1. The summed E-state index contributed by atoms with van der Waals surface area (Å²) in [7, 11) is 1.58. The van der Waals surface area contributed by atoms with Crippen molar-refractivity contribution in [2.24, 2.45) is 0 Å². The van der Waals surface area contributed by atoms with Gasteiger partial charge in [0.2, 0.25) is 10.6 Å². The molecule has 0 aliphatic carbocycles. The number of ether oxygens (including phenoxy) is 1. The number of aromatic nitrogens is 1. The largest absolute Gasteiger partial charge is 0.489 e. The highest BCUT2D eigenvalue weighted by molar-refractivity contribution is 7.14. The minimum atomic E-state index is -2.03. The van der Waals surface area contributed by atoms with Gasteiger partial charge in [-0.1, -0.05) is 11.8 Å². The number of nitrogens with zero attached hydrogens (tertiary/aromatic N) is 2. The van der Waals surface area contributed by atoms with Crippen LogP contribution in [0.5, 0.6) is 5.75 Å². The van der Waals surface area contributed by atoms with E-state index in [0.29, 0.717) is 29.0 Å². The number of fused-ring (bicyclic) bond motifs is 3. The van der Waals surface area contributed by atoms with Crippen LogP contribution in [0, 0.1) is 11.8 Å². The Bertz CT molecular complexity index is 1120. The summed E-state index contributed by atoms with van der Waals surface area (Å²) in [5, 5.41) is 30.1. The number of benzene rings is 1. The Morgan fingerprint density at radius 3 is 2.83 bits per heavy atom. The molecule has 1 aromatic carbocycles. The SMILES string of the molecule is CN1CC[C@@](O)(C#Cc2ccc3c(c2)-c2nc(C(=O)O)sc2C(O)(CF)CO3)C1=O. The molecule has 10 heteroatoms. The van der Waals surface area contributed by atoms with Crippen LogP contribution in [0.1, 0.15) is 26.7 Å². The molecule has 3 heterocycles. The van der Waals surface area contributed by atoms with Gasteiger partial charge >= 0.3 is 5.97 Å². The first-order valence-electron chi connectivity index (χ1n) is 8.98. The molecule has 8 nitrogen and oxygen atoms in total. The molecule has 30 heavy (non-hydrogen) atoms. The van der Waals surface area contributed by atoms with Gasteiger partial charge in [0.25, 0.3) is 5.91 Å². The highest BCUT2D eigenvalue weighted by Gasteiger charge is 2.43. The zero-order chi connectivity index (χ0) is 21.7. The standard InChI is InChI=1S/C20H17FN2O6S/c1-23-7-6-19(27,18(23)26)5-4-11-2-3-13-12(8-11)14-15(20(28,9-21)10-29-13)30-16(22-14)17(24)25/h2-3,8,27-28H,6-7,9-10H2,1H3,(H,24,25)/t19-,20?/m0/s1. The van der Waals surface area contributed by atoms with Crippen LogP contribution in [-0.2, 0) is 10.4 Å². The van der Waals surface area contributed by atoms with Gasteiger partial charge in [0.05, 0.1) is 10.6 Å². The number of alkyl halides is 1. The third kappa shape index (κ3) is 3.21. The molecule has 1 fully saturated rings. The molecule has 156 valence electrons. The van der Waals surface area contributed by atoms with Crippen LogP contribution in [-0.4, -0.2) is 69.6 Å². The molecular weight excluding hydrogens is 415 g/mol. The normalized spacial score (nSPS) is 24.9. The summed E-state index contributed by atoms with van der Waals surface area (Å²) < 4.78 is 19.2. The van der Waals surface area contributed by atoms with E-state index in [1.165, 1.54) is 4.90 Å². The number of rotatable bonds is 2. The summed E-state index contributed by atoms with van der Waals surface area (Å²) in [6.45, 7) is -1.19. The Kier molecular flexibility index (Phi) is 4.77. The lowest BCUT2D eigenvalue weighted by Gasteiger charge is -2.21. The smallest absolute Gasteiger partial charge is 0.365 e. The number of amides is 1. The zero-order valence-corrected chi connectivity index (χ0v) is 16.6. The second-order valence-electron chi connectivity index (χ2n) is 7.25. The fourth-order valence-corrected chi connectivity index (χ4v) is 4.31. The van der Waals surface area contributed by atoms with E-state index in [1.807, 2.05) is 0 Å². The maximum atomic E-state index is 13.7. The van der Waals surface area contributed by atoms with E-state index in [1.54, 1.807) is 25.2 Å². The van der Waals surface area contributed by atoms with Crippen LogP contribution >= 0.6 is 11.3 Å². The number of halogens is 1. The number of carbonyl (C=O) groups is 2. The van der Waals surface area contributed by atoms with Crippen LogP contribution in [0.2, 0.25) is 0 Å². The lowest BCUT2D eigenvalue weighted by molar-refractivity contribution is -0.137. The highest BCUT2D eigenvalue weighted by Crippen LogP contribution is 2.44. The first-order valence-corrected chi connectivity index (χ1v) is 9.80. The molecule has 2 aliphatic rings. The first-order chi connectivity index (χ1) is 14.2. The third-order valence-corrected chi connectivity index (χ3v) is 6.31. The number of carboxylic acid groups (broad SMARTS) is 1. The third-order valence-electron chi connectivity index (χ3n) is 5.08. The molecule has 0 saturated carbocycles. The number of carbonyl (C=O) groups excluding carboxylic acids is 1. The first kappa shape index (κ1) is 20.3. The zero-order valence-electron chi connectivity index (χ0n) is 15.8. The van der Waals surface area contributed by atoms with E-state index in [9.17, 15) is 29.3 Å². The Hall–Kier alpha value is -3.00. The Morgan fingerprint density at radius 1 is 1.43 bits per heavy atom. The summed E-state index contributed by atoms with van der Waals surface area (Å²) in [4.78, 5) is 29.0. The number of likely N-dealkylation sites (N-methyl/N-ethyl adjacent to an activating group) is 1. The topological polar surface area (TPSA) is 120 Å². The molecule has 1 amide bonds.